The molecule has 21 heavy (non-hydrogen) atoms. The van der Waals surface area contributed by atoms with E-state index < -0.39 is 0 Å². The van der Waals surface area contributed by atoms with Gasteiger partial charge in [0.2, 0.25) is 0 Å². The zero-order valence-electron chi connectivity index (χ0n) is 11.6. The number of thiophene rings is 1. The van der Waals surface area contributed by atoms with Crippen molar-refractivity contribution in [2.24, 2.45) is 5.73 Å². The summed E-state index contributed by atoms with van der Waals surface area (Å²) in [5.41, 5.74) is 7.17. The smallest absolute Gasteiger partial charge is 0.162 e. The highest BCUT2D eigenvalue weighted by Crippen LogP contribution is 2.41. The van der Waals surface area contributed by atoms with Crippen LogP contribution >= 0.6 is 22.9 Å². The van der Waals surface area contributed by atoms with Gasteiger partial charge in [-0.1, -0.05) is 11.6 Å². The SMILES string of the molecule is COc1ccsc1C(N)c1cc2c(cc1Cl)OCCCO2. The molecule has 1 unspecified atom stereocenters. The lowest BCUT2D eigenvalue weighted by Crippen LogP contribution is -2.12. The molecular formula is C15H16ClNO3S. The van der Waals surface area contributed by atoms with E-state index in [9.17, 15) is 0 Å². The van der Waals surface area contributed by atoms with Crippen LogP contribution in [0.5, 0.6) is 17.2 Å². The molecule has 2 N–H and O–H groups in total. The Balaban J connectivity index is 2.00. The van der Waals surface area contributed by atoms with E-state index in [1.54, 1.807) is 24.5 Å². The second-order valence-corrected chi connectivity index (χ2v) is 6.06. The Kier molecular flexibility index (Phi) is 4.24. The molecule has 0 bridgehead atoms. The third-order valence-corrected chi connectivity index (χ3v) is 4.67. The third-order valence-electron chi connectivity index (χ3n) is 3.36. The molecule has 0 aliphatic carbocycles. The number of hydrogen-bond donors (Lipinski definition) is 1. The average molecular weight is 326 g/mol. The molecule has 0 amide bonds. The van der Waals surface area contributed by atoms with Crippen LogP contribution in [0, 0.1) is 0 Å². The lowest BCUT2D eigenvalue weighted by molar-refractivity contribution is 0.297. The molecule has 0 fully saturated rings. The van der Waals surface area contributed by atoms with Gasteiger partial charge in [-0.25, -0.2) is 0 Å². The highest BCUT2D eigenvalue weighted by molar-refractivity contribution is 7.10. The van der Waals surface area contributed by atoms with Crippen LogP contribution in [-0.4, -0.2) is 20.3 Å². The van der Waals surface area contributed by atoms with Gasteiger partial charge < -0.3 is 19.9 Å². The van der Waals surface area contributed by atoms with Crippen molar-refractivity contribution in [1.29, 1.82) is 0 Å². The maximum atomic E-state index is 6.37. The normalized spacial score (nSPS) is 15.4. The second-order valence-electron chi connectivity index (χ2n) is 4.70. The van der Waals surface area contributed by atoms with Gasteiger partial charge in [0, 0.05) is 17.5 Å². The third kappa shape index (κ3) is 2.81. The van der Waals surface area contributed by atoms with E-state index in [4.69, 9.17) is 31.5 Å². The largest absolute Gasteiger partial charge is 0.496 e. The summed E-state index contributed by atoms with van der Waals surface area (Å²) >= 11 is 7.92. The Labute approximate surface area is 132 Å². The minimum absolute atomic E-state index is 0.357. The Morgan fingerprint density at radius 3 is 2.71 bits per heavy atom. The molecule has 2 heterocycles. The predicted molar refractivity (Wildman–Crippen MR) is 84.0 cm³/mol. The summed E-state index contributed by atoms with van der Waals surface area (Å²) in [4.78, 5) is 0.939. The predicted octanol–water partition coefficient (Wildman–Crippen LogP) is 3.62. The van der Waals surface area contributed by atoms with Crippen molar-refractivity contribution in [2.45, 2.75) is 12.5 Å². The summed E-state index contributed by atoms with van der Waals surface area (Å²) in [7, 11) is 1.63. The average Bonchev–Trinajstić information content (AvgIpc) is 2.85. The Hall–Kier alpha value is -1.43. The summed E-state index contributed by atoms with van der Waals surface area (Å²) < 4.78 is 16.7. The fourth-order valence-electron chi connectivity index (χ4n) is 2.28. The molecule has 0 spiro atoms. The van der Waals surface area contributed by atoms with E-state index >= 15 is 0 Å². The van der Waals surface area contributed by atoms with Gasteiger partial charge in [0.1, 0.15) is 5.75 Å². The van der Waals surface area contributed by atoms with Crippen molar-refractivity contribution in [2.75, 3.05) is 20.3 Å². The van der Waals surface area contributed by atoms with E-state index in [1.165, 1.54) is 0 Å². The van der Waals surface area contributed by atoms with Gasteiger partial charge in [-0.15, -0.1) is 11.3 Å². The van der Waals surface area contributed by atoms with Gasteiger partial charge in [-0.05, 0) is 23.1 Å². The Bertz CT molecular complexity index is 644. The molecule has 4 nitrogen and oxygen atoms in total. The van der Waals surface area contributed by atoms with Crippen molar-refractivity contribution < 1.29 is 14.2 Å². The lowest BCUT2D eigenvalue weighted by Gasteiger charge is -2.17. The van der Waals surface area contributed by atoms with Crippen LogP contribution in [0.1, 0.15) is 22.9 Å². The molecule has 0 saturated carbocycles. The number of halogens is 1. The molecular weight excluding hydrogens is 310 g/mol. The summed E-state index contributed by atoms with van der Waals surface area (Å²) in [6.45, 7) is 1.26. The van der Waals surface area contributed by atoms with Crippen LogP contribution < -0.4 is 19.9 Å². The molecule has 1 aliphatic rings. The van der Waals surface area contributed by atoms with Crippen LogP contribution in [-0.2, 0) is 0 Å². The number of nitrogens with two attached hydrogens (primary N) is 1. The lowest BCUT2D eigenvalue weighted by atomic mass is 10.0. The molecule has 1 aromatic heterocycles. The maximum Gasteiger partial charge on any atom is 0.162 e. The first kappa shape index (κ1) is 14.5. The van der Waals surface area contributed by atoms with Crippen molar-refractivity contribution in [3.05, 3.63) is 39.0 Å². The molecule has 1 aliphatic heterocycles. The Morgan fingerprint density at radius 2 is 2.00 bits per heavy atom. The number of rotatable bonds is 3. The molecule has 0 saturated heterocycles. The van der Waals surface area contributed by atoms with E-state index in [2.05, 4.69) is 0 Å². The first-order valence-corrected chi connectivity index (χ1v) is 7.92. The minimum Gasteiger partial charge on any atom is -0.496 e. The highest BCUT2D eigenvalue weighted by atomic mass is 35.5. The Morgan fingerprint density at radius 1 is 1.29 bits per heavy atom. The zero-order valence-corrected chi connectivity index (χ0v) is 13.2. The second kappa shape index (κ2) is 6.13. The first-order valence-electron chi connectivity index (χ1n) is 6.66. The standard InChI is InChI=1S/C15H16ClNO3S/c1-18-11-3-6-21-15(11)14(17)9-7-12-13(8-10(9)16)20-5-2-4-19-12/h3,6-8,14H,2,4-5,17H2,1H3. The number of ether oxygens (including phenoxy) is 3. The number of hydrogen-bond acceptors (Lipinski definition) is 5. The number of methoxy groups -OCH3 is 1. The van der Waals surface area contributed by atoms with E-state index in [0.717, 1.165) is 22.6 Å². The van der Waals surface area contributed by atoms with Crippen molar-refractivity contribution >= 4 is 22.9 Å². The van der Waals surface area contributed by atoms with Gasteiger partial charge in [0.05, 0.1) is 31.2 Å². The highest BCUT2D eigenvalue weighted by Gasteiger charge is 2.22. The zero-order chi connectivity index (χ0) is 14.8. The molecule has 3 rings (SSSR count). The minimum atomic E-state index is -0.357. The molecule has 2 aromatic rings. The van der Waals surface area contributed by atoms with E-state index in [1.807, 2.05) is 17.5 Å². The monoisotopic (exact) mass is 325 g/mol. The van der Waals surface area contributed by atoms with E-state index in [-0.39, 0.29) is 6.04 Å². The van der Waals surface area contributed by atoms with Crippen molar-refractivity contribution in [3.63, 3.8) is 0 Å². The topological polar surface area (TPSA) is 53.7 Å². The van der Waals surface area contributed by atoms with Crippen LogP contribution in [0.15, 0.2) is 23.6 Å². The number of benzene rings is 1. The van der Waals surface area contributed by atoms with Crippen LogP contribution in [0.4, 0.5) is 0 Å². The first-order chi connectivity index (χ1) is 10.2. The van der Waals surface area contributed by atoms with Crippen molar-refractivity contribution in [3.8, 4) is 17.2 Å². The molecule has 1 aromatic carbocycles. The summed E-state index contributed by atoms with van der Waals surface area (Å²) in [5, 5.41) is 2.52. The van der Waals surface area contributed by atoms with Crippen LogP contribution in [0.3, 0.4) is 0 Å². The van der Waals surface area contributed by atoms with Gasteiger partial charge in [0.25, 0.3) is 0 Å². The van der Waals surface area contributed by atoms with Gasteiger partial charge in [0.15, 0.2) is 11.5 Å². The van der Waals surface area contributed by atoms with Gasteiger partial charge >= 0.3 is 0 Å². The summed E-state index contributed by atoms with van der Waals surface area (Å²) in [5.74, 6) is 2.14. The van der Waals surface area contributed by atoms with Crippen LogP contribution in [0.2, 0.25) is 5.02 Å². The number of fused-ring (bicyclic) bond motifs is 1. The van der Waals surface area contributed by atoms with Crippen LogP contribution in [0.25, 0.3) is 0 Å². The molecule has 1 atom stereocenters. The molecule has 112 valence electrons. The van der Waals surface area contributed by atoms with E-state index in [0.29, 0.717) is 29.7 Å². The van der Waals surface area contributed by atoms with Crippen molar-refractivity contribution in [1.82, 2.24) is 0 Å². The van der Waals surface area contributed by atoms with Gasteiger partial charge in [-0.2, -0.15) is 0 Å². The summed E-state index contributed by atoms with van der Waals surface area (Å²) in [6.07, 6.45) is 0.854. The quantitative estimate of drug-likeness (QED) is 0.936. The summed E-state index contributed by atoms with van der Waals surface area (Å²) in [6, 6.07) is 5.19. The maximum absolute atomic E-state index is 6.37. The fourth-order valence-corrected chi connectivity index (χ4v) is 3.43. The molecule has 0 radical (unpaired) electrons. The van der Waals surface area contributed by atoms with Gasteiger partial charge in [-0.3, -0.25) is 0 Å². The fraction of sp³-hybridized carbons (Fsp3) is 0.333. The molecule has 6 heteroatoms.